The third kappa shape index (κ3) is 8.80. The summed E-state index contributed by atoms with van der Waals surface area (Å²) in [6.45, 7) is 9.72. The minimum Gasteiger partial charge on any atom is -0.493 e. The number of halogens is 1. The zero-order chi connectivity index (χ0) is 22.9. The number of nitrogens with zero attached hydrogens (tertiary/aromatic N) is 3. The second-order valence-electron chi connectivity index (χ2n) is 8.36. The van der Waals surface area contributed by atoms with Crippen LogP contribution in [0.15, 0.2) is 18.2 Å². The molecule has 2 amide bonds. The van der Waals surface area contributed by atoms with Gasteiger partial charge in [0.2, 0.25) is 5.91 Å². The molecular formula is C22H31FN4O4. The molecule has 2 rings (SSSR count). The van der Waals surface area contributed by atoms with Gasteiger partial charge in [-0.25, -0.2) is 9.18 Å². The SMILES string of the molecule is CC(C)(C)OC(=O)NCCC(=O)N1CCN(CCCOc2ccc(C#N)c(F)c2)CC1. The van der Waals surface area contributed by atoms with Crippen molar-refractivity contribution >= 4 is 12.0 Å². The van der Waals surface area contributed by atoms with Gasteiger partial charge in [-0.15, -0.1) is 0 Å². The first-order chi connectivity index (χ1) is 14.7. The quantitative estimate of drug-likeness (QED) is 0.632. The summed E-state index contributed by atoms with van der Waals surface area (Å²) in [6, 6.07) is 6.00. The topological polar surface area (TPSA) is 94.9 Å². The number of benzene rings is 1. The highest BCUT2D eigenvalue weighted by atomic mass is 19.1. The van der Waals surface area contributed by atoms with Crippen LogP contribution >= 0.6 is 0 Å². The first-order valence-corrected chi connectivity index (χ1v) is 10.5. The smallest absolute Gasteiger partial charge is 0.407 e. The molecule has 1 aromatic rings. The second kappa shape index (κ2) is 11.5. The molecule has 0 unspecified atom stereocenters. The minimum atomic E-state index is -0.581. The summed E-state index contributed by atoms with van der Waals surface area (Å²) in [5.74, 6) is -0.157. The number of amides is 2. The van der Waals surface area contributed by atoms with E-state index in [4.69, 9.17) is 14.7 Å². The number of carbonyl (C=O) groups is 2. The molecule has 8 nitrogen and oxygen atoms in total. The number of ether oxygens (including phenoxy) is 2. The van der Waals surface area contributed by atoms with E-state index >= 15 is 0 Å². The molecule has 1 N–H and O–H groups in total. The normalized spacial score (nSPS) is 14.6. The molecule has 0 aliphatic carbocycles. The Balaban J connectivity index is 1.58. The van der Waals surface area contributed by atoms with Gasteiger partial charge in [-0.1, -0.05) is 0 Å². The minimum absolute atomic E-state index is 0.000361. The number of hydrogen-bond acceptors (Lipinski definition) is 6. The van der Waals surface area contributed by atoms with E-state index in [1.807, 2.05) is 4.90 Å². The van der Waals surface area contributed by atoms with E-state index in [9.17, 15) is 14.0 Å². The Morgan fingerprint density at radius 1 is 1.23 bits per heavy atom. The summed E-state index contributed by atoms with van der Waals surface area (Å²) >= 11 is 0. The van der Waals surface area contributed by atoms with E-state index in [0.29, 0.717) is 25.4 Å². The van der Waals surface area contributed by atoms with E-state index in [0.717, 1.165) is 26.1 Å². The van der Waals surface area contributed by atoms with E-state index in [-0.39, 0.29) is 24.4 Å². The summed E-state index contributed by atoms with van der Waals surface area (Å²) in [4.78, 5) is 28.0. The second-order valence-corrected chi connectivity index (χ2v) is 8.36. The number of hydrogen-bond donors (Lipinski definition) is 1. The average molecular weight is 435 g/mol. The van der Waals surface area contributed by atoms with Crippen molar-refractivity contribution in [3.05, 3.63) is 29.6 Å². The third-order valence-electron chi connectivity index (χ3n) is 4.68. The zero-order valence-electron chi connectivity index (χ0n) is 18.4. The Kier molecular flexibility index (Phi) is 9.06. The van der Waals surface area contributed by atoms with E-state index in [1.165, 1.54) is 12.1 Å². The lowest BCUT2D eigenvalue weighted by atomic mass is 10.2. The lowest BCUT2D eigenvalue weighted by Crippen LogP contribution is -2.49. The fourth-order valence-corrected chi connectivity index (χ4v) is 3.12. The Hall–Kier alpha value is -2.86. The first-order valence-electron chi connectivity index (χ1n) is 10.5. The molecule has 0 atom stereocenters. The van der Waals surface area contributed by atoms with Crippen molar-refractivity contribution < 1.29 is 23.5 Å². The first kappa shape index (κ1) is 24.4. The lowest BCUT2D eigenvalue weighted by Gasteiger charge is -2.34. The third-order valence-corrected chi connectivity index (χ3v) is 4.68. The highest BCUT2D eigenvalue weighted by Crippen LogP contribution is 2.16. The molecule has 0 spiro atoms. The predicted octanol–water partition coefficient (Wildman–Crippen LogP) is 2.53. The fraction of sp³-hybridized carbons (Fsp3) is 0.591. The highest BCUT2D eigenvalue weighted by Gasteiger charge is 2.21. The Bertz CT molecular complexity index is 796. The molecule has 9 heteroatoms. The number of nitrogens with one attached hydrogen (secondary N) is 1. The maximum absolute atomic E-state index is 13.6. The monoisotopic (exact) mass is 434 g/mol. The molecule has 1 heterocycles. The Morgan fingerprint density at radius 2 is 1.94 bits per heavy atom. The zero-order valence-corrected chi connectivity index (χ0v) is 18.4. The number of piperazine rings is 1. The van der Waals surface area contributed by atoms with Crippen molar-refractivity contribution in [1.29, 1.82) is 5.26 Å². The predicted molar refractivity (Wildman–Crippen MR) is 113 cm³/mol. The van der Waals surface area contributed by atoms with Gasteiger partial charge in [0.25, 0.3) is 0 Å². The molecular weight excluding hydrogens is 403 g/mol. The largest absolute Gasteiger partial charge is 0.493 e. The van der Waals surface area contributed by atoms with Crippen molar-refractivity contribution in [3.8, 4) is 11.8 Å². The van der Waals surface area contributed by atoms with Gasteiger partial charge in [0.15, 0.2) is 0 Å². The van der Waals surface area contributed by atoms with Crippen LogP contribution in [0.25, 0.3) is 0 Å². The van der Waals surface area contributed by atoms with Gasteiger partial charge in [-0.3, -0.25) is 9.69 Å². The van der Waals surface area contributed by atoms with Crippen molar-refractivity contribution in [2.75, 3.05) is 45.9 Å². The summed E-state index contributed by atoms with van der Waals surface area (Å²) in [5, 5.41) is 11.3. The summed E-state index contributed by atoms with van der Waals surface area (Å²) in [5.41, 5.74) is -0.561. The van der Waals surface area contributed by atoms with Gasteiger partial charge in [-0.2, -0.15) is 5.26 Å². The molecule has 0 bridgehead atoms. The van der Waals surface area contributed by atoms with Crippen LogP contribution in [0.1, 0.15) is 39.2 Å². The molecule has 1 aromatic carbocycles. The molecule has 31 heavy (non-hydrogen) atoms. The summed E-state index contributed by atoms with van der Waals surface area (Å²) in [6.07, 6.45) is 0.500. The molecule has 1 fully saturated rings. The Morgan fingerprint density at radius 3 is 2.55 bits per heavy atom. The molecule has 1 saturated heterocycles. The highest BCUT2D eigenvalue weighted by molar-refractivity contribution is 5.77. The van der Waals surface area contributed by atoms with Crippen LogP contribution in [0.4, 0.5) is 9.18 Å². The van der Waals surface area contributed by atoms with Gasteiger partial charge in [0.05, 0.1) is 12.2 Å². The maximum Gasteiger partial charge on any atom is 0.407 e. The van der Waals surface area contributed by atoms with Crippen LogP contribution in [0, 0.1) is 17.1 Å². The van der Waals surface area contributed by atoms with Crippen LogP contribution in [0.5, 0.6) is 5.75 Å². The molecule has 170 valence electrons. The fourth-order valence-electron chi connectivity index (χ4n) is 3.12. The molecule has 0 aromatic heterocycles. The number of nitriles is 1. The number of carbonyl (C=O) groups excluding carboxylic acids is 2. The number of alkyl carbamates (subject to hydrolysis) is 1. The van der Waals surface area contributed by atoms with Crippen LogP contribution in [-0.4, -0.2) is 73.3 Å². The van der Waals surface area contributed by atoms with Crippen LogP contribution in [0.3, 0.4) is 0 Å². The van der Waals surface area contributed by atoms with E-state index in [2.05, 4.69) is 10.2 Å². The van der Waals surface area contributed by atoms with Crippen molar-refractivity contribution in [2.24, 2.45) is 0 Å². The Labute approximate surface area is 182 Å². The standard InChI is InChI=1S/C22H31FN4O4/c1-22(2,3)31-21(29)25-8-7-20(28)27-12-10-26(11-13-27)9-4-14-30-18-6-5-17(16-24)19(23)15-18/h5-6,15H,4,7-14H2,1-3H3,(H,25,29). The van der Waals surface area contributed by atoms with Gasteiger partial charge in [0.1, 0.15) is 23.2 Å². The number of rotatable bonds is 8. The van der Waals surface area contributed by atoms with Gasteiger partial charge in [0, 0.05) is 51.8 Å². The van der Waals surface area contributed by atoms with Crippen LogP contribution in [0.2, 0.25) is 0 Å². The van der Waals surface area contributed by atoms with Crippen molar-refractivity contribution in [3.63, 3.8) is 0 Å². The van der Waals surface area contributed by atoms with E-state index < -0.39 is 17.5 Å². The van der Waals surface area contributed by atoms with Crippen LogP contribution in [-0.2, 0) is 9.53 Å². The summed E-state index contributed by atoms with van der Waals surface area (Å²) < 4.78 is 24.3. The molecule has 0 radical (unpaired) electrons. The molecule has 1 aliphatic heterocycles. The van der Waals surface area contributed by atoms with E-state index in [1.54, 1.807) is 32.9 Å². The van der Waals surface area contributed by atoms with Crippen molar-refractivity contribution in [2.45, 2.75) is 39.2 Å². The maximum atomic E-state index is 13.6. The van der Waals surface area contributed by atoms with Crippen molar-refractivity contribution in [1.82, 2.24) is 15.1 Å². The summed E-state index contributed by atoms with van der Waals surface area (Å²) in [7, 11) is 0. The molecule has 1 aliphatic rings. The molecule has 0 saturated carbocycles. The van der Waals surface area contributed by atoms with Gasteiger partial charge >= 0.3 is 6.09 Å². The van der Waals surface area contributed by atoms with Gasteiger partial charge in [-0.05, 0) is 39.3 Å². The average Bonchev–Trinajstić information content (AvgIpc) is 2.70. The van der Waals surface area contributed by atoms with Gasteiger partial charge < -0.3 is 19.7 Å². The lowest BCUT2D eigenvalue weighted by molar-refractivity contribution is -0.132. The van der Waals surface area contributed by atoms with Crippen LogP contribution < -0.4 is 10.1 Å².